The summed E-state index contributed by atoms with van der Waals surface area (Å²) in [5.74, 6) is 1.41. The van der Waals surface area contributed by atoms with E-state index in [1.165, 1.54) is 31.4 Å². The van der Waals surface area contributed by atoms with Crippen molar-refractivity contribution in [3.05, 3.63) is 18.2 Å². The molecular formula is C14H22N2O3S. The second-order valence-electron chi connectivity index (χ2n) is 5.49. The molecule has 0 heterocycles. The van der Waals surface area contributed by atoms with Gasteiger partial charge in [-0.05, 0) is 37.5 Å². The summed E-state index contributed by atoms with van der Waals surface area (Å²) >= 11 is 0. The van der Waals surface area contributed by atoms with Gasteiger partial charge in [-0.25, -0.2) is 13.6 Å². The second-order valence-corrected chi connectivity index (χ2v) is 7.05. The van der Waals surface area contributed by atoms with E-state index in [1.54, 1.807) is 13.2 Å². The van der Waals surface area contributed by atoms with Gasteiger partial charge in [0, 0.05) is 6.04 Å². The summed E-state index contributed by atoms with van der Waals surface area (Å²) < 4.78 is 28.1. The molecule has 6 heteroatoms. The summed E-state index contributed by atoms with van der Waals surface area (Å²) in [6.07, 6.45) is 4.99. The molecule has 1 aromatic rings. The predicted molar refractivity (Wildman–Crippen MR) is 79.4 cm³/mol. The van der Waals surface area contributed by atoms with Crippen LogP contribution >= 0.6 is 0 Å². The number of nitrogens with two attached hydrogens (primary N) is 1. The van der Waals surface area contributed by atoms with E-state index in [9.17, 15) is 8.42 Å². The Kier molecular flexibility index (Phi) is 4.55. The summed E-state index contributed by atoms with van der Waals surface area (Å²) in [7, 11) is -2.13. The van der Waals surface area contributed by atoms with Crippen LogP contribution in [0.1, 0.15) is 32.6 Å². The maximum absolute atomic E-state index is 11.4. The first-order valence-corrected chi connectivity index (χ1v) is 8.42. The van der Waals surface area contributed by atoms with Gasteiger partial charge in [0.1, 0.15) is 5.75 Å². The maximum Gasteiger partial charge on any atom is 0.238 e. The van der Waals surface area contributed by atoms with E-state index in [0.717, 1.165) is 12.3 Å². The standard InChI is InChI=1S/C14H22N2O3S/c1-10(8-11-4-3-5-11)16-13-9-12(20(15,17)18)6-7-14(13)19-2/h6-7,9-11,16H,3-5,8H2,1-2H3,(H2,15,17,18). The van der Waals surface area contributed by atoms with E-state index >= 15 is 0 Å². The van der Waals surface area contributed by atoms with Crippen LogP contribution in [0, 0.1) is 5.92 Å². The number of benzene rings is 1. The molecule has 1 aromatic carbocycles. The number of hydrogen-bond donors (Lipinski definition) is 2. The fourth-order valence-electron chi connectivity index (χ4n) is 2.53. The van der Waals surface area contributed by atoms with Gasteiger partial charge in [-0.2, -0.15) is 0 Å². The number of primary sulfonamides is 1. The number of methoxy groups -OCH3 is 1. The Bertz CT molecular complexity index is 568. The van der Waals surface area contributed by atoms with Gasteiger partial charge >= 0.3 is 0 Å². The molecular weight excluding hydrogens is 276 g/mol. The van der Waals surface area contributed by atoms with E-state index in [1.807, 2.05) is 0 Å². The first kappa shape index (κ1) is 15.1. The third-order valence-electron chi connectivity index (χ3n) is 3.81. The Hall–Kier alpha value is -1.27. The van der Waals surface area contributed by atoms with E-state index in [-0.39, 0.29) is 10.9 Å². The Morgan fingerprint density at radius 3 is 2.65 bits per heavy atom. The first-order chi connectivity index (χ1) is 9.40. The smallest absolute Gasteiger partial charge is 0.238 e. The molecule has 20 heavy (non-hydrogen) atoms. The Morgan fingerprint density at radius 2 is 2.15 bits per heavy atom. The van der Waals surface area contributed by atoms with Gasteiger partial charge in [-0.15, -0.1) is 0 Å². The summed E-state index contributed by atoms with van der Waals surface area (Å²) in [4.78, 5) is 0.0941. The zero-order valence-corrected chi connectivity index (χ0v) is 12.7. The number of anilines is 1. The van der Waals surface area contributed by atoms with Crippen molar-refractivity contribution in [3.8, 4) is 5.75 Å². The molecule has 0 radical (unpaired) electrons. The molecule has 0 amide bonds. The van der Waals surface area contributed by atoms with Crippen LogP contribution in [0.3, 0.4) is 0 Å². The normalized spacial score (nSPS) is 17.4. The van der Waals surface area contributed by atoms with Crippen LogP contribution in [-0.4, -0.2) is 21.6 Å². The van der Waals surface area contributed by atoms with E-state index in [0.29, 0.717) is 11.4 Å². The monoisotopic (exact) mass is 298 g/mol. The van der Waals surface area contributed by atoms with Crippen LogP contribution < -0.4 is 15.2 Å². The van der Waals surface area contributed by atoms with Crippen LogP contribution in [0.5, 0.6) is 5.75 Å². The first-order valence-electron chi connectivity index (χ1n) is 6.87. The lowest BCUT2D eigenvalue weighted by Crippen LogP contribution is -2.23. The molecule has 0 saturated heterocycles. The van der Waals surface area contributed by atoms with Crippen molar-refractivity contribution in [3.63, 3.8) is 0 Å². The number of hydrogen-bond acceptors (Lipinski definition) is 4. The van der Waals surface area contributed by atoms with Gasteiger partial charge in [0.05, 0.1) is 17.7 Å². The van der Waals surface area contributed by atoms with Crippen LogP contribution in [-0.2, 0) is 10.0 Å². The average Bonchev–Trinajstić information content (AvgIpc) is 2.33. The van der Waals surface area contributed by atoms with Gasteiger partial charge in [0.25, 0.3) is 0 Å². The van der Waals surface area contributed by atoms with Crippen molar-refractivity contribution in [1.82, 2.24) is 0 Å². The minimum absolute atomic E-state index is 0.0941. The van der Waals surface area contributed by atoms with Crippen LogP contribution in [0.4, 0.5) is 5.69 Å². The summed E-state index contributed by atoms with van der Waals surface area (Å²) in [5.41, 5.74) is 0.672. The average molecular weight is 298 g/mol. The lowest BCUT2D eigenvalue weighted by molar-refractivity contribution is 0.285. The number of sulfonamides is 1. The zero-order chi connectivity index (χ0) is 14.8. The molecule has 112 valence electrons. The Balaban J connectivity index is 2.15. The third kappa shape index (κ3) is 3.64. The molecule has 0 aliphatic heterocycles. The number of nitrogens with one attached hydrogen (secondary N) is 1. The molecule has 1 aliphatic rings. The second kappa shape index (κ2) is 6.01. The topological polar surface area (TPSA) is 81.4 Å². The third-order valence-corrected chi connectivity index (χ3v) is 4.72. The summed E-state index contributed by atoms with van der Waals surface area (Å²) in [5, 5.41) is 8.49. The van der Waals surface area contributed by atoms with Crippen molar-refractivity contribution < 1.29 is 13.2 Å². The molecule has 1 fully saturated rings. The highest BCUT2D eigenvalue weighted by atomic mass is 32.2. The quantitative estimate of drug-likeness (QED) is 0.844. The number of ether oxygens (including phenoxy) is 1. The van der Waals surface area contributed by atoms with Gasteiger partial charge in [-0.1, -0.05) is 19.3 Å². The van der Waals surface area contributed by atoms with Crippen molar-refractivity contribution in [2.75, 3.05) is 12.4 Å². The van der Waals surface area contributed by atoms with Crippen LogP contribution in [0.15, 0.2) is 23.1 Å². The van der Waals surface area contributed by atoms with Gasteiger partial charge < -0.3 is 10.1 Å². The molecule has 3 N–H and O–H groups in total. The molecule has 0 aromatic heterocycles. The van der Waals surface area contributed by atoms with E-state index in [4.69, 9.17) is 9.88 Å². The van der Waals surface area contributed by atoms with Crippen molar-refractivity contribution >= 4 is 15.7 Å². The molecule has 0 bridgehead atoms. The van der Waals surface area contributed by atoms with Gasteiger partial charge in [-0.3, -0.25) is 0 Å². The minimum atomic E-state index is -3.70. The highest BCUT2D eigenvalue weighted by molar-refractivity contribution is 7.89. The molecule has 2 rings (SSSR count). The van der Waals surface area contributed by atoms with Crippen molar-refractivity contribution in [2.24, 2.45) is 11.1 Å². The molecule has 0 spiro atoms. The SMILES string of the molecule is COc1ccc(S(N)(=O)=O)cc1NC(C)CC1CCC1. The largest absolute Gasteiger partial charge is 0.495 e. The highest BCUT2D eigenvalue weighted by Crippen LogP contribution is 2.33. The highest BCUT2D eigenvalue weighted by Gasteiger charge is 2.21. The zero-order valence-electron chi connectivity index (χ0n) is 11.9. The maximum atomic E-state index is 11.4. The van der Waals surface area contributed by atoms with Crippen molar-refractivity contribution in [1.29, 1.82) is 0 Å². The number of rotatable bonds is 6. The summed E-state index contributed by atoms with van der Waals surface area (Å²) in [6.45, 7) is 2.10. The van der Waals surface area contributed by atoms with Crippen LogP contribution in [0.2, 0.25) is 0 Å². The van der Waals surface area contributed by atoms with Crippen LogP contribution in [0.25, 0.3) is 0 Å². The van der Waals surface area contributed by atoms with Crippen molar-refractivity contribution in [2.45, 2.75) is 43.5 Å². The molecule has 5 nitrogen and oxygen atoms in total. The van der Waals surface area contributed by atoms with Gasteiger partial charge in [0.2, 0.25) is 10.0 Å². The van der Waals surface area contributed by atoms with E-state index in [2.05, 4.69) is 12.2 Å². The fraction of sp³-hybridized carbons (Fsp3) is 0.571. The minimum Gasteiger partial charge on any atom is -0.495 e. The lowest BCUT2D eigenvalue weighted by Gasteiger charge is -2.29. The van der Waals surface area contributed by atoms with Gasteiger partial charge in [0.15, 0.2) is 0 Å². The predicted octanol–water partition coefficient (Wildman–Crippen LogP) is 2.33. The Morgan fingerprint density at radius 1 is 1.45 bits per heavy atom. The van der Waals surface area contributed by atoms with E-state index < -0.39 is 10.0 Å². The Labute approximate surface area is 120 Å². The molecule has 1 atom stereocenters. The molecule has 1 unspecified atom stereocenters. The fourth-order valence-corrected chi connectivity index (χ4v) is 3.07. The summed E-state index contributed by atoms with van der Waals surface area (Å²) in [6, 6.07) is 4.88. The lowest BCUT2D eigenvalue weighted by atomic mass is 9.81. The molecule has 1 saturated carbocycles. The molecule has 1 aliphatic carbocycles.